The molecule has 2 aliphatic rings. The summed E-state index contributed by atoms with van der Waals surface area (Å²) in [5.41, 5.74) is 1.85. The maximum absolute atomic E-state index is 13.1. The van der Waals surface area contributed by atoms with Crippen molar-refractivity contribution >= 4 is 11.9 Å². The molecule has 1 aromatic heterocycles. The van der Waals surface area contributed by atoms with Crippen LogP contribution >= 0.6 is 0 Å². The van der Waals surface area contributed by atoms with Gasteiger partial charge >= 0.3 is 6.03 Å². The minimum absolute atomic E-state index is 0.0263. The fourth-order valence-corrected chi connectivity index (χ4v) is 4.98. The van der Waals surface area contributed by atoms with Crippen LogP contribution < -0.4 is 14.8 Å². The van der Waals surface area contributed by atoms with Crippen LogP contribution in [-0.4, -0.2) is 53.8 Å². The van der Waals surface area contributed by atoms with Crippen LogP contribution in [0.5, 0.6) is 11.5 Å². The van der Waals surface area contributed by atoms with Gasteiger partial charge in [0.25, 0.3) is 0 Å². The lowest BCUT2D eigenvalue weighted by molar-refractivity contribution is -0.136. The number of carbonyl (C=O) groups is 2. The average molecular weight is 477 g/mol. The molecular formula is C26H28N4O5. The Balaban J connectivity index is 1.25. The van der Waals surface area contributed by atoms with Crippen LogP contribution in [0, 0.1) is 5.92 Å². The number of aromatic nitrogens is 2. The molecule has 1 saturated heterocycles. The number of hydrogen-bond donors (Lipinski definition) is 1. The molecule has 2 heterocycles. The summed E-state index contributed by atoms with van der Waals surface area (Å²) in [5.74, 6) is 1.82. The van der Waals surface area contributed by atoms with E-state index in [0.717, 1.165) is 17.5 Å². The molecule has 2 fully saturated rings. The third-order valence-corrected chi connectivity index (χ3v) is 6.89. The van der Waals surface area contributed by atoms with Gasteiger partial charge in [-0.15, -0.1) is 0 Å². The van der Waals surface area contributed by atoms with Crippen molar-refractivity contribution in [2.24, 2.45) is 5.92 Å². The number of hydrogen-bond acceptors (Lipinski definition) is 7. The lowest BCUT2D eigenvalue weighted by Crippen LogP contribution is -2.61. The highest BCUT2D eigenvalue weighted by atomic mass is 16.5. The Hall–Kier alpha value is -3.88. The number of nitrogens with zero attached hydrogens (tertiary/aromatic N) is 3. The first-order valence-corrected chi connectivity index (χ1v) is 11.8. The fraction of sp³-hybridized carbons (Fsp3) is 0.385. The van der Waals surface area contributed by atoms with Crippen molar-refractivity contribution in [2.45, 2.75) is 37.6 Å². The standard InChI is InChI=1S/C26H28N4O5/c1-33-21-11-9-17(15-22(21)34-2)23-28-24(35-29-23)18-8-10-19-20(14-18)27-26(32)30(25(19)31)13-12-16-6-4-3-5-7-16/h3-7,9,11,15,18-20H,8,10,12-14H2,1-2H3,(H,27,32). The second kappa shape index (κ2) is 9.77. The molecule has 3 amide bonds. The molecule has 1 N–H and O–H groups in total. The molecule has 2 aromatic carbocycles. The molecule has 1 aliphatic heterocycles. The van der Waals surface area contributed by atoms with E-state index in [1.165, 1.54) is 4.90 Å². The quantitative estimate of drug-likeness (QED) is 0.553. The lowest BCUT2D eigenvalue weighted by atomic mass is 9.76. The molecule has 5 rings (SSSR count). The van der Waals surface area contributed by atoms with Crippen LogP contribution in [0.3, 0.4) is 0 Å². The van der Waals surface area contributed by atoms with Crippen LogP contribution in [-0.2, 0) is 11.2 Å². The first-order valence-electron chi connectivity index (χ1n) is 11.8. The van der Waals surface area contributed by atoms with Crippen LogP contribution in [0.15, 0.2) is 53.1 Å². The van der Waals surface area contributed by atoms with Gasteiger partial charge in [0, 0.05) is 24.1 Å². The summed E-state index contributed by atoms with van der Waals surface area (Å²) in [5, 5.41) is 7.19. The SMILES string of the molecule is COc1ccc(-c2noc(C3CCC4C(=O)N(CCc5ccccc5)C(=O)NC4C3)n2)cc1OC. The van der Waals surface area contributed by atoms with Gasteiger partial charge in [-0.05, 0) is 49.4 Å². The third-order valence-electron chi connectivity index (χ3n) is 6.89. The van der Waals surface area contributed by atoms with E-state index in [-0.39, 0.29) is 29.8 Å². The van der Waals surface area contributed by atoms with Gasteiger partial charge in [0.15, 0.2) is 11.5 Å². The van der Waals surface area contributed by atoms with Gasteiger partial charge in [-0.25, -0.2) is 4.79 Å². The minimum atomic E-state index is -0.329. The normalized spacial score (nSPS) is 21.9. The van der Waals surface area contributed by atoms with Gasteiger partial charge < -0.3 is 19.3 Å². The van der Waals surface area contributed by atoms with Crippen LogP contribution in [0.1, 0.15) is 36.6 Å². The summed E-state index contributed by atoms with van der Waals surface area (Å²) in [7, 11) is 3.15. The van der Waals surface area contributed by atoms with E-state index in [4.69, 9.17) is 14.0 Å². The number of nitrogens with one attached hydrogen (secondary N) is 1. The molecule has 35 heavy (non-hydrogen) atoms. The second-order valence-electron chi connectivity index (χ2n) is 8.92. The summed E-state index contributed by atoms with van der Waals surface area (Å²) < 4.78 is 16.2. The van der Waals surface area contributed by atoms with Gasteiger partial charge in [0.2, 0.25) is 17.6 Å². The van der Waals surface area contributed by atoms with E-state index in [1.54, 1.807) is 26.4 Å². The van der Waals surface area contributed by atoms with E-state index >= 15 is 0 Å². The highest BCUT2D eigenvalue weighted by Gasteiger charge is 2.45. The molecule has 3 aromatic rings. The number of imide groups is 1. The molecule has 0 radical (unpaired) electrons. The van der Waals surface area contributed by atoms with Gasteiger partial charge in [0.1, 0.15) is 0 Å². The first-order chi connectivity index (χ1) is 17.1. The Morgan fingerprint density at radius 2 is 1.86 bits per heavy atom. The summed E-state index contributed by atoms with van der Waals surface area (Å²) in [4.78, 5) is 31.8. The molecule has 1 aliphatic carbocycles. The van der Waals surface area contributed by atoms with E-state index in [9.17, 15) is 9.59 Å². The lowest BCUT2D eigenvalue weighted by Gasteiger charge is -2.41. The van der Waals surface area contributed by atoms with Crippen molar-refractivity contribution in [3.8, 4) is 22.9 Å². The summed E-state index contributed by atoms with van der Waals surface area (Å²) in [6.07, 6.45) is 2.62. The number of ether oxygens (including phenoxy) is 2. The van der Waals surface area contributed by atoms with Crippen molar-refractivity contribution < 1.29 is 23.6 Å². The second-order valence-corrected chi connectivity index (χ2v) is 8.92. The Morgan fingerprint density at radius 1 is 1.06 bits per heavy atom. The molecule has 3 atom stereocenters. The number of urea groups is 1. The number of carbonyl (C=O) groups excluding carboxylic acids is 2. The maximum Gasteiger partial charge on any atom is 0.324 e. The van der Waals surface area contributed by atoms with Crippen molar-refractivity contribution in [1.29, 1.82) is 0 Å². The van der Waals surface area contributed by atoms with Gasteiger partial charge in [0.05, 0.1) is 20.1 Å². The Kier molecular flexibility index (Phi) is 6.39. The predicted molar refractivity (Wildman–Crippen MR) is 127 cm³/mol. The smallest absolute Gasteiger partial charge is 0.324 e. The highest BCUT2D eigenvalue weighted by molar-refractivity contribution is 5.98. The van der Waals surface area contributed by atoms with E-state index in [2.05, 4.69) is 15.5 Å². The molecule has 9 heteroatoms. The number of rotatable bonds is 7. The van der Waals surface area contributed by atoms with Gasteiger partial charge in [-0.1, -0.05) is 35.5 Å². The first kappa shape index (κ1) is 22.9. The molecule has 0 bridgehead atoms. The van der Waals surface area contributed by atoms with Crippen LogP contribution in [0.4, 0.5) is 4.79 Å². The monoisotopic (exact) mass is 476 g/mol. The third kappa shape index (κ3) is 4.58. The molecule has 9 nitrogen and oxygen atoms in total. The van der Waals surface area contributed by atoms with E-state index < -0.39 is 0 Å². The van der Waals surface area contributed by atoms with Gasteiger partial charge in [-0.2, -0.15) is 4.98 Å². The number of methoxy groups -OCH3 is 2. The average Bonchev–Trinajstić information content (AvgIpc) is 3.39. The zero-order chi connectivity index (χ0) is 24.4. The van der Waals surface area contributed by atoms with Crippen molar-refractivity contribution in [2.75, 3.05) is 20.8 Å². The van der Waals surface area contributed by atoms with E-state index in [0.29, 0.717) is 49.0 Å². The molecule has 1 saturated carbocycles. The Labute approximate surface area is 203 Å². The summed E-state index contributed by atoms with van der Waals surface area (Å²) in [6, 6.07) is 14.7. The Morgan fingerprint density at radius 3 is 2.63 bits per heavy atom. The predicted octanol–water partition coefficient (Wildman–Crippen LogP) is 3.80. The van der Waals surface area contributed by atoms with Crippen LogP contribution in [0.25, 0.3) is 11.4 Å². The molecule has 0 spiro atoms. The molecule has 3 unspecified atom stereocenters. The number of fused-ring (bicyclic) bond motifs is 1. The summed E-state index contributed by atoms with van der Waals surface area (Å²) >= 11 is 0. The van der Waals surface area contributed by atoms with Crippen molar-refractivity contribution in [3.05, 3.63) is 60.0 Å². The van der Waals surface area contributed by atoms with Crippen LogP contribution in [0.2, 0.25) is 0 Å². The largest absolute Gasteiger partial charge is 0.493 e. The van der Waals surface area contributed by atoms with Crippen molar-refractivity contribution in [3.63, 3.8) is 0 Å². The van der Waals surface area contributed by atoms with Gasteiger partial charge in [-0.3, -0.25) is 9.69 Å². The Bertz CT molecular complexity index is 1210. The maximum atomic E-state index is 13.1. The fourth-order valence-electron chi connectivity index (χ4n) is 4.98. The molecule has 182 valence electrons. The number of benzene rings is 2. The number of amides is 3. The zero-order valence-corrected chi connectivity index (χ0v) is 19.8. The van der Waals surface area contributed by atoms with Crippen molar-refractivity contribution in [1.82, 2.24) is 20.4 Å². The minimum Gasteiger partial charge on any atom is -0.493 e. The topological polar surface area (TPSA) is 107 Å². The molecular weight excluding hydrogens is 448 g/mol. The van der Waals surface area contributed by atoms with E-state index in [1.807, 2.05) is 36.4 Å². The zero-order valence-electron chi connectivity index (χ0n) is 19.8. The summed E-state index contributed by atoms with van der Waals surface area (Å²) in [6.45, 7) is 0.375. The highest BCUT2D eigenvalue weighted by Crippen LogP contribution is 2.39.